The number of halogens is 20. The average Bonchev–Trinajstić information content (AvgIpc) is 3.84. The first-order valence-corrected chi connectivity index (χ1v) is 22.7. The summed E-state index contributed by atoms with van der Waals surface area (Å²) in [5, 5.41) is 0. The van der Waals surface area contributed by atoms with Crippen LogP contribution in [0.15, 0.2) is 120 Å². The highest BCUT2D eigenvalue weighted by Crippen LogP contribution is 2.41. The Labute approximate surface area is 408 Å². The molecule has 0 bridgehead atoms. The highest BCUT2D eigenvalue weighted by Gasteiger charge is 2.52. The number of Topliss-reactive ketones (excluding diaryl/α,β-unsaturated/α-hetero) is 1. The molecule has 8 rings (SSSR count). The topological polar surface area (TPSA) is 17.1 Å². The number of benzene rings is 7. The van der Waals surface area contributed by atoms with Crippen LogP contribution in [0.1, 0.15) is 17.3 Å². The molecule has 73 heavy (non-hydrogen) atoms. The second kappa shape index (κ2) is 21.0. The maximum Gasteiger partial charge on any atom is 0.221 e. The van der Waals surface area contributed by atoms with Crippen molar-refractivity contribution in [3.05, 3.63) is 219 Å². The number of thiophene rings is 1. The standard InChI is InChI=1S/C24BF20.C24H19OS3/c26-5-1(6(27)14(35)21(42)13(5)34)25(2-7(28)15(36)22(43)16(37)8(2)29,3-9(30)17(38)23(44)18(39)10(3)31)4-11(32)19(40)24(45)20(41)12(4)33;1-18(25)19-12-14-20(15-13-19)26-23-16-17-24(27-23)28(21-8-4-2-5-9-21)22-10-6-3-7-11-22/h;2-17H,1H3/q-1;+1. The van der Waals surface area contributed by atoms with Crippen LogP contribution in [0.2, 0.25) is 0 Å². The summed E-state index contributed by atoms with van der Waals surface area (Å²) in [4.78, 5) is 15.3. The van der Waals surface area contributed by atoms with E-state index in [0.717, 1.165) is 10.5 Å². The van der Waals surface area contributed by atoms with E-state index in [1.807, 2.05) is 35.6 Å². The van der Waals surface area contributed by atoms with Crippen molar-refractivity contribution in [1.29, 1.82) is 0 Å². The Bertz CT molecular complexity index is 3050. The summed E-state index contributed by atoms with van der Waals surface area (Å²) in [6, 6.07) is 33.7. The number of carbonyl (C=O) groups is 1. The van der Waals surface area contributed by atoms with E-state index in [-0.39, 0.29) is 16.7 Å². The van der Waals surface area contributed by atoms with Gasteiger partial charge in [0.05, 0.1) is 4.21 Å². The maximum atomic E-state index is 15.4. The molecule has 0 aliphatic rings. The lowest BCUT2D eigenvalue weighted by molar-refractivity contribution is 0.101. The molecule has 0 aliphatic carbocycles. The van der Waals surface area contributed by atoms with Gasteiger partial charge < -0.3 is 0 Å². The third-order valence-electron chi connectivity index (χ3n) is 10.9. The fourth-order valence-electron chi connectivity index (χ4n) is 7.70. The van der Waals surface area contributed by atoms with Gasteiger partial charge in [0, 0.05) is 16.5 Å². The minimum atomic E-state index is -7.22. The average molecular weight is 1100 g/mol. The largest absolute Gasteiger partial charge is 0.295 e. The predicted molar refractivity (Wildman–Crippen MR) is 229 cm³/mol. The van der Waals surface area contributed by atoms with E-state index >= 15 is 35.1 Å². The van der Waals surface area contributed by atoms with Gasteiger partial charge in [-0.25, -0.2) is 87.8 Å². The number of carbonyl (C=O) groups excluding carboxylic acids is 1. The Kier molecular flexibility index (Phi) is 15.6. The van der Waals surface area contributed by atoms with Gasteiger partial charge in [0.25, 0.3) is 0 Å². The monoisotopic (exact) mass is 1100 g/mol. The second-order valence-electron chi connectivity index (χ2n) is 15.0. The molecule has 7 aromatic carbocycles. The third-order valence-corrected chi connectivity index (χ3v) is 15.7. The third kappa shape index (κ3) is 9.23. The van der Waals surface area contributed by atoms with E-state index in [9.17, 15) is 57.5 Å². The van der Waals surface area contributed by atoms with Gasteiger partial charge in [-0.15, -0.1) is 21.9 Å². The maximum absolute atomic E-state index is 15.4. The van der Waals surface area contributed by atoms with Gasteiger partial charge >= 0.3 is 0 Å². The van der Waals surface area contributed by atoms with E-state index in [1.165, 1.54) is 18.2 Å². The lowest BCUT2D eigenvalue weighted by Crippen LogP contribution is -2.81. The minimum Gasteiger partial charge on any atom is -0.295 e. The fourth-order valence-corrected chi connectivity index (χ4v) is 12.7. The molecule has 0 saturated carbocycles. The van der Waals surface area contributed by atoms with Gasteiger partial charge in [-0.1, -0.05) is 71.6 Å². The molecule has 0 saturated heterocycles. The summed E-state index contributed by atoms with van der Waals surface area (Å²) >= 11 is 3.59. The van der Waals surface area contributed by atoms with Crippen LogP contribution in [-0.4, -0.2) is 11.9 Å². The van der Waals surface area contributed by atoms with Crippen LogP contribution in [0.25, 0.3) is 0 Å². The quantitative estimate of drug-likeness (QED) is 0.0339. The molecule has 1 nitrogen and oxygen atoms in total. The first-order valence-electron chi connectivity index (χ1n) is 19.9. The van der Waals surface area contributed by atoms with E-state index in [0.29, 0.717) is 0 Å². The second-order valence-corrected chi connectivity index (χ2v) is 19.7. The zero-order valence-electron chi connectivity index (χ0n) is 35.5. The molecule has 0 fully saturated rings. The Morgan fingerprint density at radius 3 is 0.918 bits per heavy atom. The number of hydrogen-bond donors (Lipinski definition) is 0. The van der Waals surface area contributed by atoms with Gasteiger partial charge in [0.2, 0.25) is 4.21 Å². The first kappa shape index (κ1) is 54.1. The Balaban J connectivity index is 0.000000237. The molecule has 8 aromatic rings. The molecule has 0 atom stereocenters. The lowest BCUT2D eigenvalue weighted by atomic mass is 9.12. The van der Waals surface area contributed by atoms with Crippen molar-refractivity contribution in [3.63, 3.8) is 0 Å². The van der Waals surface area contributed by atoms with Crippen LogP contribution < -0.4 is 21.9 Å². The van der Waals surface area contributed by atoms with Crippen molar-refractivity contribution in [2.24, 2.45) is 0 Å². The number of rotatable bonds is 10. The smallest absolute Gasteiger partial charge is 0.221 e. The summed E-state index contributed by atoms with van der Waals surface area (Å²) in [5.41, 5.74) is -13.6. The van der Waals surface area contributed by atoms with Gasteiger partial charge in [0.15, 0.2) is 85.4 Å². The molecule has 1 aromatic heterocycles. The Morgan fingerprint density at radius 2 is 0.644 bits per heavy atom. The normalized spacial score (nSPS) is 11.6. The highest BCUT2D eigenvalue weighted by molar-refractivity contribution is 8.02. The van der Waals surface area contributed by atoms with Crippen molar-refractivity contribution in [2.45, 2.75) is 30.0 Å². The van der Waals surface area contributed by atoms with Crippen LogP contribution >= 0.6 is 23.1 Å². The molecule has 0 amide bonds. The van der Waals surface area contributed by atoms with Crippen molar-refractivity contribution in [3.8, 4) is 0 Å². The molecule has 0 spiro atoms. The predicted octanol–water partition coefficient (Wildman–Crippen LogP) is 13.0. The van der Waals surface area contributed by atoms with Crippen molar-refractivity contribution >= 4 is 67.8 Å². The van der Waals surface area contributed by atoms with Gasteiger partial charge in [-0.3, -0.25) is 4.79 Å². The molecule has 0 N–H and O–H groups in total. The van der Waals surface area contributed by atoms with Gasteiger partial charge in [0.1, 0.15) is 63.6 Å². The highest BCUT2D eigenvalue weighted by atomic mass is 32.2. The molecular weight excluding hydrogens is 1080 g/mol. The van der Waals surface area contributed by atoms with E-state index in [2.05, 4.69) is 72.8 Å². The van der Waals surface area contributed by atoms with Crippen LogP contribution in [0.5, 0.6) is 0 Å². The Hall–Kier alpha value is -6.73. The molecular formula is C48H19BF20OS3. The summed E-state index contributed by atoms with van der Waals surface area (Å²) in [6.45, 7) is 1.60. The van der Waals surface area contributed by atoms with Crippen molar-refractivity contribution < 1.29 is 92.6 Å². The minimum absolute atomic E-state index is 0.101. The van der Waals surface area contributed by atoms with Crippen LogP contribution in [0.4, 0.5) is 87.8 Å². The first-order chi connectivity index (χ1) is 34.4. The number of ketones is 1. The van der Waals surface area contributed by atoms with Crippen molar-refractivity contribution in [2.75, 3.05) is 0 Å². The Morgan fingerprint density at radius 1 is 0.370 bits per heavy atom. The molecule has 25 heteroatoms. The number of hydrogen-bond acceptors (Lipinski definition) is 3. The molecule has 378 valence electrons. The SMILES string of the molecule is CC(=O)c1ccc(Sc2ccc([S+](c3ccccc3)c3ccccc3)s2)cc1.Fc1c(F)c(F)c([B-](c2c(F)c(F)c(F)c(F)c2F)(c2c(F)c(F)c(F)c(F)c2F)c2c(F)c(F)c(F)c(F)c2F)c(F)c1F. The molecule has 0 radical (unpaired) electrons. The van der Waals surface area contributed by atoms with E-state index in [4.69, 9.17) is 0 Å². The molecule has 0 aliphatic heterocycles. The van der Waals surface area contributed by atoms with Crippen LogP contribution in [-0.2, 0) is 10.9 Å². The summed E-state index contributed by atoms with van der Waals surface area (Å²) in [6.07, 6.45) is -7.22. The van der Waals surface area contributed by atoms with Gasteiger partial charge in [-0.05, 0) is 49.4 Å². The van der Waals surface area contributed by atoms with E-state index in [1.54, 1.807) is 18.7 Å². The van der Waals surface area contributed by atoms with Crippen molar-refractivity contribution in [1.82, 2.24) is 0 Å². The zero-order valence-corrected chi connectivity index (χ0v) is 38.0. The van der Waals surface area contributed by atoms with Crippen LogP contribution in [0, 0.1) is 116 Å². The lowest BCUT2D eigenvalue weighted by Gasteiger charge is -2.44. The molecule has 0 unspecified atom stereocenters. The fraction of sp³-hybridized carbons (Fsp3) is 0.0208. The van der Waals surface area contributed by atoms with E-state index < -0.39 is 144 Å². The van der Waals surface area contributed by atoms with Crippen LogP contribution in [0.3, 0.4) is 0 Å². The molecule has 1 heterocycles. The summed E-state index contributed by atoms with van der Waals surface area (Å²) < 4.78 is 297. The summed E-state index contributed by atoms with van der Waals surface area (Å²) in [7, 11) is -0.101. The zero-order chi connectivity index (χ0) is 53.7. The van der Waals surface area contributed by atoms with Gasteiger partial charge in [-0.2, -0.15) is 0 Å². The summed E-state index contributed by atoms with van der Waals surface area (Å²) in [5.74, 6) is -71.3.